The summed E-state index contributed by atoms with van der Waals surface area (Å²) in [6.45, 7) is 2.80. The maximum atomic E-state index is 13.3. The first-order chi connectivity index (χ1) is 13.9. The third kappa shape index (κ3) is 4.65. The number of benzene rings is 2. The number of hydrogen-bond acceptors (Lipinski definition) is 4. The van der Waals surface area contributed by atoms with E-state index in [-0.39, 0.29) is 16.4 Å². The third-order valence-electron chi connectivity index (χ3n) is 4.00. The molecule has 0 bridgehead atoms. The van der Waals surface area contributed by atoms with E-state index in [4.69, 9.17) is 11.6 Å². The molecule has 0 aliphatic heterocycles. The molecular formula is C19H15ClF3N3O3S. The summed E-state index contributed by atoms with van der Waals surface area (Å²) >= 11 is 6.05. The van der Waals surface area contributed by atoms with Gasteiger partial charge in [0.15, 0.2) is 5.69 Å². The van der Waals surface area contributed by atoms with Crippen LogP contribution in [-0.4, -0.2) is 23.9 Å². The van der Waals surface area contributed by atoms with Gasteiger partial charge in [-0.15, -0.1) is 0 Å². The second-order valence-corrected chi connectivity index (χ2v) is 8.61. The molecule has 1 N–H and O–H groups in total. The fourth-order valence-electron chi connectivity index (χ4n) is 2.82. The van der Waals surface area contributed by atoms with Crippen molar-refractivity contribution >= 4 is 27.5 Å². The van der Waals surface area contributed by atoms with Gasteiger partial charge in [-0.25, -0.2) is 18.1 Å². The first kappa shape index (κ1) is 21.8. The molecular weight excluding hydrogens is 443 g/mol. The van der Waals surface area contributed by atoms with Crippen molar-refractivity contribution in [2.24, 2.45) is 0 Å². The van der Waals surface area contributed by atoms with Gasteiger partial charge < -0.3 is 0 Å². The number of aromatic nitrogens is 2. The third-order valence-corrected chi connectivity index (χ3v) is 5.67. The van der Waals surface area contributed by atoms with Gasteiger partial charge in [0, 0.05) is 29.4 Å². The standard InChI is InChI=1S/C19H15ClF3N3O3S/c1-11-7-13(9-14(20)8-11)18-24-17(19(21,22)23)10-26(18)15-3-5-16(6-4-15)30(28,29)25-12(2)27/h3-10H,1-2H3,(H,25,27). The van der Waals surface area contributed by atoms with Crippen LogP contribution in [0.3, 0.4) is 0 Å². The second-order valence-electron chi connectivity index (χ2n) is 6.49. The summed E-state index contributed by atoms with van der Waals surface area (Å²) in [5.74, 6) is -0.771. The van der Waals surface area contributed by atoms with Crippen molar-refractivity contribution < 1.29 is 26.4 Å². The van der Waals surface area contributed by atoms with E-state index in [1.165, 1.54) is 34.9 Å². The fourth-order valence-corrected chi connectivity index (χ4v) is 4.10. The molecule has 3 aromatic rings. The van der Waals surface area contributed by atoms with Crippen LogP contribution in [0.4, 0.5) is 13.2 Å². The van der Waals surface area contributed by atoms with Crippen molar-refractivity contribution in [1.29, 1.82) is 0 Å². The first-order valence-electron chi connectivity index (χ1n) is 8.45. The summed E-state index contributed by atoms with van der Waals surface area (Å²) in [5.41, 5.74) is 0.236. The van der Waals surface area contributed by atoms with Crippen LogP contribution < -0.4 is 4.72 Å². The number of nitrogens with one attached hydrogen (secondary N) is 1. The lowest BCUT2D eigenvalue weighted by atomic mass is 10.1. The minimum atomic E-state index is -4.68. The molecule has 2 aromatic carbocycles. The predicted octanol–water partition coefficient (Wildman–Crippen LogP) is 4.34. The van der Waals surface area contributed by atoms with Crippen molar-refractivity contribution in [3.8, 4) is 17.1 Å². The summed E-state index contributed by atoms with van der Waals surface area (Å²) in [7, 11) is -4.07. The van der Waals surface area contributed by atoms with Crippen LogP contribution in [0, 0.1) is 6.92 Å². The molecule has 0 fully saturated rings. The number of rotatable bonds is 4. The molecule has 6 nitrogen and oxygen atoms in total. The molecule has 0 unspecified atom stereocenters. The highest BCUT2D eigenvalue weighted by molar-refractivity contribution is 7.90. The Hall–Kier alpha value is -2.85. The van der Waals surface area contributed by atoms with E-state index in [0.29, 0.717) is 10.6 Å². The van der Waals surface area contributed by atoms with E-state index in [1.807, 2.05) is 4.72 Å². The zero-order chi connectivity index (χ0) is 22.3. The highest BCUT2D eigenvalue weighted by Gasteiger charge is 2.35. The monoisotopic (exact) mass is 457 g/mol. The highest BCUT2D eigenvalue weighted by atomic mass is 35.5. The molecule has 158 valence electrons. The normalized spacial score (nSPS) is 12.1. The number of carbonyl (C=O) groups is 1. The van der Waals surface area contributed by atoms with Gasteiger partial charge in [-0.1, -0.05) is 11.6 Å². The number of nitrogens with zero attached hydrogens (tertiary/aromatic N) is 2. The number of amides is 1. The molecule has 3 rings (SSSR count). The van der Waals surface area contributed by atoms with Gasteiger partial charge >= 0.3 is 6.18 Å². The minimum absolute atomic E-state index is 0.00890. The van der Waals surface area contributed by atoms with Crippen LogP contribution >= 0.6 is 11.6 Å². The van der Waals surface area contributed by atoms with Crippen molar-refractivity contribution in [3.05, 3.63) is 64.9 Å². The van der Waals surface area contributed by atoms with Crippen LogP contribution in [0.1, 0.15) is 18.2 Å². The number of halogens is 4. The van der Waals surface area contributed by atoms with E-state index in [2.05, 4.69) is 4.98 Å². The van der Waals surface area contributed by atoms with E-state index in [1.54, 1.807) is 19.1 Å². The van der Waals surface area contributed by atoms with Gasteiger partial charge in [-0.2, -0.15) is 13.2 Å². The van der Waals surface area contributed by atoms with Crippen LogP contribution in [0.2, 0.25) is 5.02 Å². The second kappa shape index (κ2) is 7.77. The average Bonchev–Trinajstić information content (AvgIpc) is 3.05. The number of aryl methyl sites for hydroxylation is 1. The Bertz CT molecular complexity index is 1200. The molecule has 0 spiro atoms. The van der Waals surface area contributed by atoms with Crippen molar-refractivity contribution in [3.63, 3.8) is 0 Å². The van der Waals surface area contributed by atoms with Gasteiger partial charge in [-0.05, 0) is 55.0 Å². The van der Waals surface area contributed by atoms with Crippen molar-refractivity contribution in [2.45, 2.75) is 24.9 Å². The molecule has 1 aromatic heterocycles. The molecule has 30 heavy (non-hydrogen) atoms. The van der Waals surface area contributed by atoms with E-state index >= 15 is 0 Å². The Morgan fingerprint density at radius 1 is 1.13 bits per heavy atom. The average molecular weight is 458 g/mol. The van der Waals surface area contributed by atoms with Crippen molar-refractivity contribution in [1.82, 2.24) is 14.3 Å². The lowest BCUT2D eigenvalue weighted by molar-refractivity contribution is -0.140. The lowest BCUT2D eigenvalue weighted by Crippen LogP contribution is -2.28. The quantitative estimate of drug-likeness (QED) is 0.631. The number of imidazole rings is 1. The topological polar surface area (TPSA) is 81.1 Å². The number of sulfonamides is 1. The van der Waals surface area contributed by atoms with Gasteiger partial charge in [0.25, 0.3) is 10.0 Å². The van der Waals surface area contributed by atoms with Crippen molar-refractivity contribution in [2.75, 3.05) is 0 Å². The summed E-state index contributed by atoms with van der Waals surface area (Å²) in [5, 5.41) is 0.338. The fraction of sp³-hybridized carbons (Fsp3) is 0.158. The number of carbonyl (C=O) groups excluding carboxylic acids is 1. The van der Waals surface area contributed by atoms with Gasteiger partial charge in [-0.3, -0.25) is 9.36 Å². The highest BCUT2D eigenvalue weighted by Crippen LogP contribution is 2.33. The van der Waals surface area contributed by atoms with Crippen LogP contribution in [0.25, 0.3) is 17.1 Å². The molecule has 0 aliphatic carbocycles. The molecule has 0 radical (unpaired) electrons. The maximum absolute atomic E-state index is 13.3. The molecule has 0 saturated carbocycles. The summed E-state index contributed by atoms with van der Waals surface area (Å²) in [4.78, 5) is 14.6. The number of hydrogen-bond donors (Lipinski definition) is 1. The maximum Gasteiger partial charge on any atom is 0.434 e. The Morgan fingerprint density at radius 2 is 1.77 bits per heavy atom. The van der Waals surface area contributed by atoms with E-state index in [0.717, 1.165) is 18.7 Å². The lowest BCUT2D eigenvalue weighted by Gasteiger charge is -2.10. The molecule has 1 amide bonds. The largest absolute Gasteiger partial charge is 0.434 e. The number of alkyl halides is 3. The summed E-state index contributed by atoms with van der Waals surface area (Å²) in [6, 6.07) is 9.78. The summed E-state index contributed by atoms with van der Waals surface area (Å²) < 4.78 is 67.0. The summed E-state index contributed by atoms with van der Waals surface area (Å²) in [6.07, 6.45) is -3.86. The van der Waals surface area contributed by atoms with E-state index < -0.39 is 27.8 Å². The minimum Gasteiger partial charge on any atom is -0.299 e. The smallest absolute Gasteiger partial charge is 0.299 e. The Kier molecular flexibility index (Phi) is 5.66. The van der Waals surface area contributed by atoms with Crippen LogP contribution in [0.15, 0.2) is 53.6 Å². The zero-order valence-corrected chi connectivity index (χ0v) is 17.2. The molecule has 0 saturated heterocycles. The van der Waals surface area contributed by atoms with Gasteiger partial charge in [0.05, 0.1) is 4.90 Å². The van der Waals surface area contributed by atoms with Crippen LogP contribution in [0.5, 0.6) is 0 Å². The molecule has 1 heterocycles. The Labute approximate surface area is 175 Å². The Morgan fingerprint density at radius 3 is 2.30 bits per heavy atom. The SMILES string of the molecule is CC(=O)NS(=O)(=O)c1ccc(-n2cc(C(F)(F)F)nc2-c2cc(C)cc(Cl)c2)cc1. The molecule has 0 aliphatic rings. The molecule has 11 heteroatoms. The molecule has 0 atom stereocenters. The predicted molar refractivity (Wildman–Crippen MR) is 105 cm³/mol. The Balaban J connectivity index is 2.13. The van der Waals surface area contributed by atoms with E-state index in [9.17, 15) is 26.4 Å². The first-order valence-corrected chi connectivity index (χ1v) is 10.3. The van der Waals surface area contributed by atoms with Gasteiger partial charge in [0.1, 0.15) is 5.82 Å². The van der Waals surface area contributed by atoms with Gasteiger partial charge in [0.2, 0.25) is 5.91 Å². The van der Waals surface area contributed by atoms with Crippen LogP contribution in [-0.2, 0) is 21.0 Å². The zero-order valence-electron chi connectivity index (χ0n) is 15.7.